The van der Waals surface area contributed by atoms with Gasteiger partial charge < -0.3 is 4.74 Å². The molecule has 0 aromatic rings. The zero-order chi connectivity index (χ0) is 14.2. The van der Waals surface area contributed by atoms with E-state index in [-0.39, 0.29) is 0 Å². The fourth-order valence-electron chi connectivity index (χ4n) is 5.29. The summed E-state index contributed by atoms with van der Waals surface area (Å²) in [5, 5.41) is 0. The molecule has 0 aromatic heterocycles. The van der Waals surface area contributed by atoms with E-state index in [1.54, 1.807) is 0 Å². The SMILES string of the molecule is BC1CCCCCCC2C(C1)CC1(COC1)N2C(C)C. The predicted octanol–water partition coefficient (Wildman–Crippen LogP) is 3.02. The molecular weight excluding hydrogens is 245 g/mol. The van der Waals surface area contributed by atoms with Gasteiger partial charge in [0.05, 0.1) is 18.8 Å². The largest absolute Gasteiger partial charge is 0.377 e. The van der Waals surface area contributed by atoms with Gasteiger partial charge in [-0.15, -0.1) is 0 Å². The Morgan fingerprint density at radius 1 is 1.10 bits per heavy atom. The molecule has 2 saturated heterocycles. The summed E-state index contributed by atoms with van der Waals surface area (Å²) in [5.74, 6) is 1.85. The molecule has 3 unspecified atom stereocenters. The summed E-state index contributed by atoms with van der Waals surface area (Å²) in [6.07, 6.45) is 11.5. The molecule has 3 atom stereocenters. The first-order valence-corrected chi connectivity index (χ1v) is 8.98. The Balaban J connectivity index is 1.79. The number of hydrogen-bond donors (Lipinski definition) is 0. The molecule has 1 aliphatic carbocycles. The van der Waals surface area contributed by atoms with Crippen LogP contribution in [0.2, 0.25) is 5.82 Å². The van der Waals surface area contributed by atoms with Gasteiger partial charge in [0.2, 0.25) is 0 Å². The molecule has 0 aromatic carbocycles. The van der Waals surface area contributed by atoms with Crippen LogP contribution in [-0.4, -0.2) is 43.6 Å². The van der Waals surface area contributed by atoms with Crippen LogP contribution in [0, 0.1) is 5.92 Å². The number of fused-ring (bicyclic) bond motifs is 1. The smallest absolute Gasteiger partial charge is 0.105 e. The number of likely N-dealkylation sites (tertiary alicyclic amines) is 1. The van der Waals surface area contributed by atoms with Gasteiger partial charge in [0, 0.05) is 12.1 Å². The Hall–Kier alpha value is -0.0151. The summed E-state index contributed by atoms with van der Waals surface area (Å²) >= 11 is 0. The van der Waals surface area contributed by atoms with Crippen molar-refractivity contribution in [3.05, 3.63) is 0 Å². The normalized spacial score (nSPS) is 38.6. The van der Waals surface area contributed by atoms with Crippen molar-refractivity contribution in [1.29, 1.82) is 0 Å². The van der Waals surface area contributed by atoms with E-state index < -0.39 is 0 Å². The van der Waals surface area contributed by atoms with Crippen molar-refractivity contribution in [3.63, 3.8) is 0 Å². The number of hydrogen-bond acceptors (Lipinski definition) is 2. The fourth-order valence-corrected chi connectivity index (χ4v) is 5.29. The Kier molecular flexibility index (Phi) is 4.47. The Labute approximate surface area is 126 Å². The van der Waals surface area contributed by atoms with Crippen LogP contribution in [0.15, 0.2) is 0 Å². The van der Waals surface area contributed by atoms with Gasteiger partial charge in [0.15, 0.2) is 0 Å². The summed E-state index contributed by atoms with van der Waals surface area (Å²) in [5.41, 5.74) is 0.414. The van der Waals surface area contributed by atoms with Crippen molar-refractivity contribution in [1.82, 2.24) is 4.90 Å². The highest BCUT2D eigenvalue weighted by Gasteiger charge is 2.55. The monoisotopic (exact) mass is 277 g/mol. The molecule has 1 spiro atoms. The summed E-state index contributed by atoms with van der Waals surface area (Å²) in [4.78, 5) is 2.87. The van der Waals surface area contributed by atoms with Crippen molar-refractivity contribution < 1.29 is 4.74 Å². The third-order valence-corrected chi connectivity index (χ3v) is 6.04. The van der Waals surface area contributed by atoms with Crippen LogP contribution >= 0.6 is 0 Å². The summed E-state index contributed by atoms with van der Waals surface area (Å²) in [7, 11) is 2.49. The molecule has 3 aliphatic rings. The fraction of sp³-hybridized carbons (Fsp3) is 1.00. The highest BCUT2D eigenvalue weighted by molar-refractivity contribution is 6.11. The van der Waals surface area contributed by atoms with Crippen LogP contribution in [0.1, 0.15) is 65.2 Å². The summed E-state index contributed by atoms with van der Waals surface area (Å²) in [6.45, 7) is 6.77. The average Bonchev–Trinajstić information content (AvgIpc) is 2.68. The van der Waals surface area contributed by atoms with Gasteiger partial charge in [-0.05, 0) is 32.6 Å². The maximum absolute atomic E-state index is 5.64. The maximum Gasteiger partial charge on any atom is 0.105 e. The first kappa shape index (κ1) is 14.9. The highest BCUT2D eigenvalue weighted by atomic mass is 16.5. The van der Waals surface area contributed by atoms with Crippen LogP contribution in [0.5, 0.6) is 0 Å². The third kappa shape index (κ3) is 2.68. The van der Waals surface area contributed by atoms with E-state index in [0.29, 0.717) is 11.6 Å². The topological polar surface area (TPSA) is 12.5 Å². The van der Waals surface area contributed by atoms with Crippen molar-refractivity contribution in [3.8, 4) is 0 Å². The molecule has 0 radical (unpaired) electrons. The summed E-state index contributed by atoms with van der Waals surface area (Å²) in [6, 6.07) is 1.51. The van der Waals surface area contributed by atoms with Crippen LogP contribution < -0.4 is 0 Å². The van der Waals surface area contributed by atoms with E-state index in [1.165, 1.54) is 51.4 Å². The lowest BCUT2D eigenvalue weighted by atomic mass is 9.72. The van der Waals surface area contributed by atoms with E-state index in [9.17, 15) is 0 Å². The van der Waals surface area contributed by atoms with Crippen LogP contribution in [0.3, 0.4) is 0 Å². The van der Waals surface area contributed by atoms with E-state index in [4.69, 9.17) is 4.74 Å². The van der Waals surface area contributed by atoms with E-state index in [1.807, 2.05) is 0 Å². The van der Waals surface area contributed by atoms with Gasteiger partial charge in [-0.1, -0.05) is 44.3 Å². The second-order valence-corrected chi connectivity index (χ2v) is 8.08. The third-order valence-electron chi connectivity index (χ3n) is 6.04. The van der Waals surface area contributed by atoms with Gasteiger partial charge in [0.1, 0.15) is 7.85 Å². The molecule has 3 heteroatoms. The van der Waals surface area contributed by atoms with Crippen LogP contribution in [0.25, 0.3) is 0 Å². The predicted molar refractivity (Wildman–Crippen MR) is 87.0 cm³/mol. The first-order chi connectivity index (χ1) is 9.62. The standard InChI is InChI=1S/C17H32BNO/c1-13(2)19-16-8-6-4-3-5-7-15(18)9-14(16)10-17(19)11-20-12-17/h13-16H,3-12,18H2,1-2H3. The minimum atomic E-state index is 0.414. The molecule has 3 fully saturated rings. The number of rotatable bonds is 1. The molecule has 0 bridgehead atoms. The van der Waals surface area contributed by atoms with Gasteiger partial charge in [-0.2, -0.15) is 0 Å². The highest BCUT2D eigenvalue weighted by Crippen LogP contribution is 2.48. The second-order valence-electron chi connectivity index (χ2n) is 8.08. The van der Waals surface area contributed by atoms with Crippen molar-refractivity contribution >= 4 is 7.85 Å². The summed E-state index contributed by atoms with van der Waals surface area (Å²) < 4.78 is 5.64. The van der Waals surface area contributed by atoms with Gasteiger partial charge in [-0.3, -0.25) is 4.90 Å². The second kappa shape index (κ2) is 6.00. The molecular formula is C17H32BNO. The lowest BCUT2D eigenvalue weighted by molar-refractivity contribution is -0.141. The Morgan fingerprint density at radius 3 is 2.40 bits per heavy atom. The average molecular weight is 277 g/mol. The van der Waals surface area contributed by atoms with Gasteiger partial charge >= 0.3 is 0 Å². The minimum absolute atomic E-state index is 0.414. The zero-order valence-electron chi connectivity index (χ0n) is 13.7. The van der Waals surface area contributed by atoms with Crippen molar-refractivity contribution in [2.75, 3.05) is 13.2 Å². The van der Waals surface area contributed by atoms with Gasteiger partial charge in [0.25, 0.3) is 0 Å². The molecule has 2 aliphatic heterocycles. The van der Waals surface area contributed by atoms with E-state index in [2.05, 4.69) is 26.6 Å². The molecule has 2 heterocycles. The Morgan fingerprint density at radius 2 is 1.80 bits per heavy atom. The molecule has 0 N–H and O–H groups in total. The van der Waals surface area contributed by atoms with Gasteiger partial charge in [-0.25, -0.2) is 0 Å². The molecule has 1 saturated carbocycles. The number of ether oxygens (including phenoxy) is 1. The van der Waals surface area contributed by atoms with E-state index >= 15 is 0 Å². The molecule has 0 amide bonds. The lowest BCUT2D eigenvalue weighted by Gasteiger charge is -2.49. The van der Waals surface area contributed by atoms with Crippen LogP contribution in [0.4, 0.5) is 0 Å². The Bertz CT molecular complexity index is 329. The van der Waals surface area contributed by atoms with Crippen LogP contribution in [-0.2, 0) is 4.74 Å². The molecule has 2 nitrogen and oxygen atoms in total. The molecule has 114 valence electrons. The van der Waals surface area contributed by atoms with Crippen molar-refractivity contribution in [2.24, 2.45) is 5.92 Å². The molecule has 3 rings (SSSR count). The first-order valence-electron chi connectivity index (χ1n) is 8.98. The van der Waals surface area contributed by atoms with Crippen molar-refractivity contribution in [2.45, 2.75) is 88.7 Å². The number of nitrogens with zero attached hydrogens (tertiary/aromatic N) is 1. The quantitative estimate of drug-likeness (QED) is 0.683. The lowest BCUT2D eigenvalue weighted by Crippen LogP contribution is -2.62. The molecule has 20 heavy (non-hydrogen) atoms. The zero-order valence-corrected chi connectivity index (χ0v) is 13.7. The minimum Gasteiger partial charge on any atom is -0.377 e. The van der Waals surface area contributed by atoms with E-state index in [0.717, 1.165) is 31.0 Å². The maximum atomic E-state index is 5.64.